The molecule has 0 bridgehead atoms. The standard InChI is InChI=1S/C15H16N4O.C14H26FNO2.C5H10O.C4H8.C2H6.CH5N/c1-10-3-4-12(15(16)20)5-6-14(19-18-10)13-7-8-17-11(2)9-13;1-5-7-8-14(11-17)16(6-2)10-13(9-15)12(3)18-4;6-5-3-1-2-4-5;1-3-4-2;2*1-2/h3-9,18H,1-2H3,(H2,16,20);11,14H,5-10H2,1-4H3;5-6H,1-4H2;3H,1,4H2,2H3;1-2H3;2H2,1H3/b;13-12-;;;;. The van der Waals surface area contributed by atoms with Crippen molar-refractivity contribution in [3.8, 4) is 11.3 Å². The number of hydrogen-bond acceptors (Lipinski definition) is 8. The molecule has 1 atom stereocenters. The van der Waals surface area contributed by atoms with Crippen LogP contribution in [0.15, 0.2) is 66.6 Å². The highest BCUT2D eigenvalue weighted by molar-refractivity contribution is 5.92. The number of aromatic nitrogens is 3. The van der Waals surface area contributed by atoms with E-state index in [-0.39, 0.29) is 12.1 Å². The van der Waals surface area contributed by atoms with Crippen LogP contribution in [0.5, 0.6) is 0 Å². The number of aromatic amines is 1. The molecule has 2 aromatic heterocycles. The highest BCUT2D eigenvalue weighted by Crippen LogP contribution is 2.17. The quantitative estimate of drug-likeness (QED) is 0.0909. The third kappa shape index (κ3) is 25.1. The zero-order valence-electron chi connectivity index (χ0n) is 33.9. The van der Waals surface area contributed by atoms with Gasteiger partial charge >= 0.3 is 0 Å². The first kappa shape index (κ1) is 52.4. The fourth-order valence-electron chi connectivity index (χ4n) is 4.45. The number of hydrogen-bond donors (Lipinski definition) is 4. The second kappa shape index (κ2) is 35.5. The predicted octanol–water partition coefficient (Wildman–Crippen LogP) is 8.37. The van der Waals surface area contributed by atoms with Gasteiger partial charge in [-0.3, -0.25) is 19.8 Å². The number of allylic oxidation sites excluding steroid dienone is 2. The number of unbranched alkanes of at least 4 members (excludes halogenated alkanes) is 1. The number of nitrogens with zero attached hydrogens (tertiary/aromatic N) is 3. The number of nitrogens with two attached hydrogens (primary N) is 2. The molecule has 2 aromatic rings. The Hall–Kier alpha value is -3.93. The number of primary amides is 1. The van der Waals surface area contributed by atoms with Gasteiger partial charge in [0.05, 0.1) is 30.7 Å². The fourth-order valence-corrected chi connectivity index (χ4v) is 4.45. The summed E-state index contributed by atoms with van der Waals surface area (Å²) in [7, 11) is 3.04. The molecule has 1 unspecified atom stereocenters. The molecule has 0 saturated heterocycles. The number of likely N-dealkylation sites (N-methyl/N-ethyl adjacent to an activating group) is 1. The van der Waals surface area contributed by atoms with Gasteiger partial charge in [-0.05, 0) is 96.4 Å². The van der Waals surface area contributed by atoms with E-state index < -0.39 is 12.6 Å². The van der Waals surface area contributed by atoms with Gasteiger partial charge < -0.3 is 26.1 Å². The number of ether oxygens (including phenoxy) is 1. The van der Waals surface area contributed by atoms with E-state index >= 15 is 0 Å². The van der Waals surface area contributed by atoms with Gasteiger partial charge in [-0.1, -0.05) is 66.4 Å². The number of nitrogens with one attached hydrogen (secondary N) is 1. The maximum atomic E-state index is 13.0. The number of alkyl halides is 1. The normalized spacial score (nSPS) is 12.4. The molecule has 52 heavy (non-hydrogen) atoms. The first-order valence-corrected chi connectivity index (χ1v) is 18.5. The van der Waals surface area contributed by atoms with E-state index in [1.165, 1.54) is 27.0 Å². The Morgan fingerprint density at radius 3 is 2.15 bits per heavy atom. The van der Waals surface area contributed by atoms with E-state index in [1.807, 2.05) is 57.7 Å². The number of rotatable bonds is 13. The molecule has 2 heterocycles. The van der Waals surface area contributed by atoms with Crippen LogP contribution in [-0.2, 0) is 9.53 Å². The van der Waals surface area contributed by atoms with Crippen LogP contribution in [-0.4, -0.2) is 83.4 Å². The number of aryl methyl sites for hydroxylation is 2. The lowest BCUT2D eigenvalue weighted by Crippen LogP contribution is -2.38. The van der Waals surface area contributed by atoms with Crippen molar-refractivity contribution in [3.63, 3.8) is 0 Å². The second-order valence-electron chi connectivity index (χ2n) is 11.5. The average molecular weight is 731 g/mol. The molecule has 0 spiro atoms. The summed E-state index contributed by atoms with van der Waals surface area (Å²) in [5, 5.41) is 16.0. The molecule has 10 nitrogen and oxygen atoms in total. The second-order valence-corrected chi connectivity index (χ2v) is 11.5. The van der Waals surface area contributed by atoms with Gasteiger partial charge in [0, 0.05) is 40.8 Å². The number of aldehydes is 1. The first-order chi connectivity index (χ1) is 25.0. The van der Waals surface area contributed by atoms with Gasteiger partial charge in [-0.15, -0.1) is 6.58 Å². The minimum atomic E-state index is -0.532. The highest BCUT2D eigenvalue weighted by Gasteiger charge is 2.18. The summed E-state index contributed by atoms with van der Waals surface area (Å²) < 4.78 is 18.0. The zero-order valence-corrected chi connectivity index (χ0v) is 33.9. The van der Waals surface area contributed by atoms with Crippen molar-refractivity contribution in [2.75, 3.05) is 33.9 Å². The largest absolute Gasteiger partial charge is 0.501 e. The maximum absolute atomic E-state index is 13.0. The molecular formula is C41H71FN6O4. The van der Waals surface area contributed by atoms with Crippen molar-refractivity contribution in [2.45, 2.75) is 119 Å². The fraction of sp³-hybridized carbons (Fsp3) is 0.561. The van der Waals surface area contributed by atoms with Crippen LogP contribution in [0.1, 0.15) is 115 Å². The van der Waals surface area contributed by atoms with Gasteiger partial charge in [-0.2, -0.15) is 5.10 Å². The molecule has 1 fully saturated rings. The Kier molecular flexibility index (Phi) is 35.8. The first-order valence-electron chi connectivity index (χ1n) is 18.5. The minimum absolute atomic E-state index is 0.0463. The van der Waals surface area contributed by atoms with Crippen molar-refractivity contribution in [3.05, 3.63) is 83.5 Å². The number of aliphatic hydroxyl groups excluding tert-OH is 1. The van der Waals surface area contributed by atoms with E-state index in [4.69, 9.17) is 15.6 Å². The van der Waals surface area contributed by atoms with Crippen molar-refractivity contribution in [1.82, 2.24) is 20.1 Å². The summed E-state index contributed by atoms with van der Waals surface area (Å²) in [4.78, 5) is 28.6. The van der Waals surface area contributed by atoms with Gasteiger partial charge in [0.15, 0.2) is 0 Å². The van der Waals surface area contributed by atoms with Crippen molar-refractivity contribution in [2.24, 2.45) is 11.5 Å². The molecule has 0 aliphatic heterocycles. The van der Waals surface area contributed by atoms with Gasteiger partial charge in [0.2, 0.25) is 5.91 Å². The van der Waals surface area contributed by atoms with E-state index in [0.717, 1.165) is 68.3 Å². The summed E-state index contributed by atoms with van der Waals surface area (Å²) >= 11 is 0. The predicted molar refractivity (Wildman–Crippen MR) is 216 cm³/mol. The smallest absolute Gasteiger partial charge is 0.248 e. The van der Waals surface area contributed by atoms with E-state index in [1.54, 1.807) is 37.4 Å². The van der Waals surface area contributed by atoms with Gasteiger partial charge in [-0.25, -0.2) is 4.39 Å². The van der Waals surface area contributed by atoms with Crippen molar-refractivity contribution in [1.29, 1.82) is 0 Å². The van der Waals surface area contributed by atoms with E-state index in [2.05, 4.69) is 41.3 Å². The Balaban J connectivity index is -0.000000681. The summed E-state index contributed by atoms with van der Waals surface area (Å²) in [6.45, 7) is 19.8. The number of H-pyrrole nitrogens is 1. The van der Waals surface area contributed by atoms with Crippen LogP contribution in [0, 0.1) is 13.8 Å². The average Bonchev–Trinajstić information content (AvgIpc) is 3.69. The molecule has 0 radical (unpaired) electrons. The molecule has 1 amide bonds. The lowest BCUT2D eigenvalue weighted by molar-refractivity contribution is -0.112. The molecule has 1 aliphatic carbocycles. The Bertz CT molecular complexity index is 1290. The molecule has 3 rings (SSSR count). The summed E-state index contributed by atoms with van der Waals surface area (Å²) in [6.07, 6.45) is 13.2. The molecule has 6 N–H and O–H groups in total. The molecule has 1 saturated carbocycles. The molecule has 0 aromatic carbocycles. The van der Waals surface area contributed by atoms with Crippen LogP contribution < -0.4 is 11.5 Å². The number of pyridine rings is 1. The number of amides is 1. The zero-order chi connectivity index (χ0) is 40.3. The third-order valence-corrected chi connectivity index (χ3v) is 7.62. The van der Waals surface area contributed by atoms with Crippen LogP contribution in [0.3, 0.4) is 0 Å². The minimum Gasteiger partial charge on any atom is -0.501 e. The Morgan fingerprint density at radius 2 is 1.73 bits per heavy atom. The van der Waals surface area contributed by atoms with Crippen LogP contribution >= 0.6 is 0 Å². The summed E-state index contributed by atoms with van der Waals surface area (Å²) in [5.74, 6) is 0.133. The number of carbonyl (C=O) groups is 2. The lowest BCUT2D eigenvalue weighted by atomic mass is 10.1. The van der Waals surface area contributed by atoms with E-state index in [0.29, 0.717) is 29.1 Å². The number of methoxy groups -OCH3 is 1. The number of carbonyl (C=O) groups excluding carboxylic acids is 2. The van der Waals surface area contributed by atoms with Crippen molar-refractivity contribution < 1.29 is 23.8 Å². The number of halogens is 1. The lowest BCUT2D eigenvalue weighted by Gasteiger charge is -2.27. The molecule has 1 aliphatic rings. The molecule has 11 heteroatoms. The Morgan fingerprint density at radius 1 is 1.13 bits per heavy atom. The van der Waals surface area contributed by atoms with Crippen LogP contribution in [0.2, 0.25) is 0 Å². The monoisotopic (exact) mass is 731 g/mol. The molecular weight excluding hydrogens is 659 g/mol. The highest BCUT2D eigenvalue weighted by atomic mass is 19.1. The number of aliphatic hydroxyl groups is 1. The Labute approximate surface area is 314 Å². The van der Waals surface area contributed by atoms with Crippen LogP contribution in [0.25, 0.3) is 11.3 Å². The summed E-state index contributed by atoms with van der Waals surface area (Å²) in [6, 6.07) is 10.5. The SMILES string of the molecule is C=CCC.CC.CCCCC(C=O)N(CC)C/C(CF)=C(/C)OC.CN.Cc1cc(-c2ccc(C(N)=O)ccc(C)[nH]n2)ccn1.OC1CCCC1. The van der Waals surface area contributed by atoms with E-state index in [9.17, 15) is 14.0 Å². The van der Waals surface area contributed by atoms with Crippen LogP contribution in [0.4, 0.5) is 4.39 Å². The maximum Gasteiger partial charge on any atom is 0.248 e. The van der Waals surface area contributed by atoms with Crippen molar-refractivity contribution >= 4 is 12.2 Å². The van der Waals surface area contributed by atoms with Gasteiger partial charge in [0.25, 0.3) is 0 Å². The molecule has 296 valence electrons. The third-order valence-electron chi connectivity index (χ3n) is 7.62. The van der Waals surface area contributed by atoms with Gasteiger partial charge in [0.1, 0.15) is 13.0 Å². The summed E-state index contributed by atoms with van der Waals surface area (Å²) in [5.41, 5.74) is 14.2. The topological polar surface area (TPSA) is 160 Å².